The van der Waals surface area contributed by atoms with Crippen LogP contribution in [0.25, 0.3) is 0 Å². The second-order valence-electron chi connectivity index (χ2n) is 6.46. The molecule has 2 aliphatic rings. The molecule has 2 saturated heterocycles. The molecular formula is C14H24N2O2. The van der Waals surface area contributed by atoms with Crippen LogP contribution in [0.3, 0.4) is 0 Å². The number of hydrogen-bond acceptors (Lipinski definition) is 2. The molecule has 1 unspecified atom stereocenters. The van der Waals surface area contributed by atoms with Crippen molar-refractivity contribution in [2.75, 3.05) is 19.6 Å². The van der Waals surface area contributed by atoms with E-state index in [1.54, 1.807) is 0 Å². The Bertz CT molecular complexity index is 340. The molecule has 0 saturated carbocycles. The van der Waals surface area contributed by atoms with Crippen molar-refractivity contribution in [3.63, 3.8) is 0 Å². The van der Waals surface area contributed by atoms with Crippen molar-refractivity contribution in [1.82, 2.24) is 9.80 Å². The number of piperidine rings is 1. The van der Waals surface area contributed by atoms with E-state index in [-0.39, 0.29) is 23.3 Å². The van der Waals surface area contributed by atoms with Gasteiger partial charge in [-0.25, -0.2) is 0 Å². The van der Waals surface area contributed by atoms with E-state index >= 15 is 0 Å². The van der Waals surface area contributed by atoms with Crippen LogP contribution in [0.1, 0.15) is 46.5 Å². The molecule has 4 heteroatoms. The third-order valence-electron chi connectivity index (χ3n) is 3.95. The first-order chi connectivity index (χ1) is 8.39. The van der Waals surface area contributed by atoms with Gasteiger partial charge >= 0.3 is 0 Å². The van der Waals surface area contributed by atoms with Gasteiger partial charge in [0.25, 0.3) is 0 Å². The monoisotopic (exact) mass is 252 g/mol. The molecule has 0 radical (unpaired) electrons. The average molecular weight is 252 g/mol. The standard InChI is InChI=1S/C14H24N2O2/c1-14(2,3)16-10-11(9-12(16)17)13(18)15-7-5-4-6-8-15/h11H,4-10H2,1-3H3. The van der Waals surface area contributed by atoms with E-state index in [9.17, 15) is 9.59 Å². The van der Waals surface area contributed by atoms with Gasteiger partial charge in [-0.1, -0.05) is 0 Å². The lowest BCUT2D eigenvalue weighted by molar-refractivity contribution is -0.136. The number of rotatable bonds is 1. The van der Waals surface area contributed by atoms with Crippen LogP contribution in [0, 0.1) is 5.92 Å². The van der Waals surface area contributed by atoms with Crippen molar-refractivity contribution in [1.29, 1.82) is 0 Å². The van der Waals surface area contributed by atoms with Gasteiger partial charge in [-0.05, 0) is 40.0 Å². The summed E-state index contributed by atoms with van der Waals surface area (Å²) < 4.78 is 0. The highest BCUT2D eigenvalue weighted by Crippen LogP contribution is 2.27. The highest BCUT2D eigenvalue weighted by molar-refractivity contribution is 5.89. The van der Waals surface area contributed by atoms with Crippen LogP contribution < -0.4 is 0 Å². The fourth-order valence-electron chi connectivity index (χ4n) is 2.89. The minimum absolute atomic E-state index is 0.116. The maximum atomic E-state index is 12.4. The number of likely N-dealkylation sites (tertiary alicyclic amines) is 2. The minimum Gasteiger partial charge on any atom is -0.342 e. The lowest BCUT2D eigenvalue weighted by Gasteiger charge is -2.33. The molecule has 18 heavy (non-hydrogen) atoms. The fourth-order valence-corrected chi connectivity index (χ4v) is 2.89. The Morgan fingerprint density at radius 3 is 2.28 bits per heavy atom. The highest BCUT2D eigenvalue weighted by atomic mass is 16.2. The maximum absolute atomic E-state index is 12.4. The number of amides is 2. The molecule has 0 bridgehead atoms. The van der Waals surface area contributed by atoms with Gasteiger partial charge in [0, 0.05) is 31.6 Å². The molecule has 0 aromatic heterocycles. The van der Waals surface area contributed by atoms with E-state index in [1.165, 1.54) is 6.42 Å². The van der Waals surface area contributed by atoms with E-state index in [0.29, 0.717) is 13.0 Å². The first-order valence-corrected chi connectivity index (χ1v) is 6.99. The summed E-state index contributed by atoms with van der Waals surface area (Å²) in [5.74, 6) is 0.197. The Hall–Kier alpha value is -1.06. The summed E-state index contributed by atoms with van der Waals surface area (Å²) in [7, 11) is 0. The first-order valence-electron chi connectivity index (χ1n) is 6.99. The molecule has 2 amide bonds. The average Bonchev–Trinajstić information content (AvgIpc) is 2.71. The zero-order valence-corrected chi connectivity index (χ0v) is 11.7. The van der Waals surface area contributed by atoms with Crippen LogP contribution in [-0.2, 0) is 9.59 Å². The second kappa shape index (κ2) is 4.90. The Labute approximate surface area is 109 Å². The molecule has 0 spiro atoms. The summed E-state index contributed by atoms with van der Waals surface area (Å²) >= 11 is 0. The highest BCUT2D eigenvalue weighted by Gasteiger charge is 2.40. The molecule has 2 heterocycles. The van der Waals surface area contributed by atoms with Crippen molar-refractivity contribution in [3.8, 4) is 0 Å². The zero-order valence-electron chi connectivity index (χ0n) is 11.7. The minimum atomic E-state index is -0.173. The Balaban J connectivity index is 1.99. The van der Waals surface area contributed by atoms with E-state index in [1.807, 2.05) is 30.6 Å². The van der Waals surface area contributed by atoms with Gasteiger partial charge in [0.2, 0.25) is 11.8 Å². The maximum Gasteiger partial charge on any atom is 0.227 e. The first kappa shape index (κ1) is 13.4. The SMILES string of the molecule is CC(C)(C)N1CC(C(=O)N2CCCCC2)CC1=O. The van der Waals surface area contributed by atoms with Crippen LogP contribution in [0.4, 0.5) is 0 Å². The fraction of sp³-hybridized carbons (Fsp3) is 0.857. The van der Waals surface area contributed by atoms with Crippen molar-refractivity contribution in [3.05, 3.63) is 0 Å². The Kier molecular flexibility index (Phi) is 3.64. The van der Waals surface area contributed by atoms with Gasteiger partial charge in [0.1, 0.15) is 0 Å². The molecule has 102 valence electrons. The van der Waals surface area contributed by atoms with Crippen molar-refractivity contribution in [2.45, 2.75) is 52.0 Å². The third kappa shape index (κ3) is 2.68. The topological polar surface area (TPSA) is 40.6 Å². The molecule has 2 fully saturated rings. The summed E-state index contributed by atoms with van der Waals surface area (Å²) in [6.07, 6.45) is 3.83. The van der Waals surface area contributed by atoms with Crippen molar-refractivity contribution in [2.24, 2.45) is 5.92 Å². The summed E-state index contributed by atoms with van der Waals surface area (Å²) in [5, 5.41) is 0. The molecule has 2 rings (SSSR count). The molecule has 0 aliphatic carbocycles. The molecular weight excluding hydrogens is 228 g/mol. The number of carbonyl (C=O) groups excluding carboxylic acids is 2. The van der Waals surface area contributed by atoms with Gasteiger partial charge in [-0.3, -0.25) is 9.59 Å². The van der Waals surface area contributed by atoms with Crippen LogP contribution in [0.5, 0.6) is 0 Å². The summed E-state index contributed by atoms with van der Waals surface area (Å²) in [4.78, 5) is 28.1. The molecule has 1 atom stereocenters. The summed E-state index contributed by atoms with van der Waals surface area (Å²) in [6.45, 7) is 8.42. The van der Waals surface area contributed by atoms with Crippen molar-refractivity contribution < 1.29 is 9.59 Å². The quantitative estimate of drug-likeness (QED) is 0.712. The number of nitrogens with zero attached hydrogens (tertiary/aromatic N) is 2. The van der Waals surface area contributed by atoms with E-state index < -0.39 is 0 Å². The van der Waals surface area contributed by atoms with Crippen LogP contribution in [0.2, 0.25) is 0 Å². The summed E-state index contributed by atoms with van der Waals surface area (Å²) in [6, 6.07) is 0. The predicted molar refractivity (Wildman–Crippen MR) is 70.0 cm³/mol. The third-order valence-corrected chi connectivity index (χ3v) is 3.95. The molecule has 0 N–H and O–H groups in total. The zero-order chi connectivity index (χ0) is 13.3. The molecule has 2 aliphatic heterocycles. The van der Waals surface area contributed by atoms with Crippen molar-refractivity contribution >= 4 is 11.8 Å². The normalized spacial score (nSPS) is 25.7. The van der Waals surface area contributed by atoms with Gasteiger partial charge in [0.15, 0.2) is 0 Å². The Morgan fingerprint density at radius 2 is 1.78 bits per heavy atom. The molecule has 4 nitrogen and oxygen atoms in total. The van der Waals surface area contributed by atoms with Crippen LogP contribution in [0.15, 0.2) is 0 Å². The van der Waals surface area contributed by atoms with E-state index in [4.69, 9.17) is 0 Å². The lowest BCUT2D eigenvalue weighted by atomic mass is 10.0. The largest absolute Gasteiger partial charge is 0.342 e. The number of hydrogen-bond donors (Lipinski definition) is 0. The predicted octanol–water partition coefficient (Wildman–Crippen LogP) is 1.65. The van der Waals surface area contributed by atoms with E-state index in [0.717, 1.165) is 25.9 Å². The molecule has 0 aromatic rings. The van der Waals surface area contributed by atoms with Gasteiger partial charge in [-0.15, -0.1) is 0 Å². The summed E-state index contributed by atoms with van der Waals surface area (Å²) in [5.41, 5.74) is -0.173. The van der Waals surface area contributed by atoms with Crippen LogP contribution >= 0.6 is 0 Å². The number of carbonyl (C=O) groups is 2. The Morgan fingerprint density at radius 1 is 1.17 bits per heavy atom. The second-order valence-corrected chi connectivity index (χ2v) is 6.46. The van der Waals surface area contributed by atoms with Gasteiger partial charge in [0.05, 0.1) is 5.92 Å². The van der Waals surface area contributed by atoms with Crippen LogP contribution in [-0.4, -0.2) is 46.8 Å². The van der Waals surface area contributed by atoms with E-state index in [2.05, 4.69) is 0 Å². The molecule has 0 aromatic carbocycles. The van der Waals surface area contributed by atoms with Gasteiger partial charge < -0.3 is 9.80 Å². The van der Waals surface area contributed by atoms with Gasteiger partial charge in [-0.2, -0.15) is 0 Å². The smallest absolute Gasteiger partial charge is 0.227 e. The lowest BCUT2D eigenvalue weighted by Crippen LogP contribution is -2.44.